The molecule has 3 aromatic heterocycles. The number of nitrogens with zero attached hydrogens (tertiary/aromatic N) is 5. The maximum atomic E-state index is 11.7. The Hall–Kier alpha value is -4.34. The molecule has 5 aromatic rings. The Kier molecular flexibility index (Phi) is 7.51. The summed E-state index contributed by atoms with van der Waals surface area (Å²) in [7, 11) is 0. The number of hydrogen-bond acceptors (Lipinski definition) is 7. The van der Waals surface area contributed by atoms with Gasteiger partial charge in [-0.2, -0.15) is 0 Å². The third kappa shape index (κ3) is 5.58. The van der Waals surface area contributed by atoms with E-state index in [-0.39, 0.29) is 17.7 Å². The zero-order valence-corrected chi connectivity index (χ0v) is 24.2. The first-order valence-corrected chi connectivity index (χ1v) is 15.0. The number of likely N-dealkylation sites (tertiary alicyclic amines) is 1. The summed E-state index contributed by atoms with van der Waals surface area (Å²) in [5.74, 6) is 1.02. The molecule has 43 heavy (non-hydrogen) atoms. The lowest BCUT2D eigenvalue weighted by Crippen LogP contribution is -2.37. The third-order valence-corrected chi connectivity index (χ3v) is 8.91. The van der Waals surface area contributed by atoms with Crippen LogP contribution in [-0.2, 0) is 17.9 Å². The molecule has 9 nitrogen and oxygen atoms in total. The second-order valence-corrected chi connectivity index (χ2v) is 11.5. The van der Waals surface area contributed by atoms with E-state index >= 15 is 0 Å². The molecule has 0 radical (unpaired) electrons. The first-order valence-electron chi connectivity index (χ1n) is 15.0. The number of aromatic carboxylic acids is 1. The smallest absolute Gasteiger partial charge is 0.335 e. The number of para-hydroxylation sites is 1. The summed E-state index contributed by atoms with van der Waals surface area (Å²) in [5.41, 5.74) is 5.02. The molecule has 2 aliphatic rings. The zero-order chi connectivity index (χ0) is 29.3. The molecule has 0 spiro atoms. The van der Waals surface area contributed by atoms with Crippen LogP contribution in [0.25, 0.3) is 21.9 Å². The van der Waals surface area contributed by atoms with Gasteiger partial charge in [0.25, 0.3) is 0 Å². The fourth-order valence-corrected chi connectivity index (χ4v) is 6.34. The summed E-state index contributed by atoms with van der Waals surface area (Å²) < 4.78 is 14.1. The van der Waals surface area contributed by atoms with E-state index in [2.05, 4.69) is 45.6 Å². The highest BCUT2D eigenvalue weighted by atomic mass is 16.5. The van der Waals surface area contributed by atoms with E-state index in [0.717, 1.165) is 78.0 Å². The molecule has 2 aromatic carbocycles. The van der Waals surface area contributed by atoms with Crippen LogP contribution in [0.1, 0.15) is 65.6 Å². The summed E-state index contributed by atoms with van der Waals surface area (Å²) in [4.78, 5) is 28.6. The first kappa shape index (κ1) is 27.5. The molecule has 220 valence electrons. The van der Waals surface area contributed by atoms with E-state index in [1.807, 2.05) is 36.5 Å². The number of piperidine rings is 1. The molecule has 0 unspecified atom stereocenters. The number of benzene rings is 2. The normalized spacial score (nSPS) is 18.5. The predicted molar refractivity (Wildman–Crippen MR) is 163 cm³/mol. The number of hydrogen-bond donors (Lipinski definition) is 1. The second kappa shape index (κ2) is 11.7. The van der Waals surface area contributed by atoms with Crippen LogP contribution in [-0.4, -0.2) is 61.3 Å². The number of carboxylic acid groups (broad SMARTS) is 1. The SMILES string of the molecule is C[C@@H](c1nc2ccc(C(=O)O)cc2n1C[C@@H]1CCO1)N1CCC(c2cccc(OCc3cccc4cccnc34)n2)CC1. The van der Waals surface area contributed by atoms with Gasteiger partial charge in [-0.15, -0.1) is 0 Å². The molecule has 2 atom stereocenters. The molecule has 0 aliphatic carbocycles. The molecular weight excluding hydrogens is 542 g/mol. The van der Waals surface area contributed by atoms with E-state index in [1.54, 1.807) is 12.1 Å². The van der Waals surface area contributed by atoms with Crippen LogP contribution in [0.3, 0.4) is 0 Å². The molecule has 2 aliphatic heterocycles. The highest BCUT2D eigenvalue weighted by Gasteiger charge is 2.30. The largest absolute Gasteiger partial charge is 0.478 e. The molecule has 2 saturated heterocycles. The fourth-order valence-electron chi connectivity index (χ4n) is 6.34. The zero-order valence-electron chi connectivity index (χ0n) is 24.2. The van der Waals surface area contributed by atoms with Gasteiger partial charge in [0.1, 0.15) is 12.4 Å². The Morgan fingerprint density at radius 1 is 1.05 bits per heavy atom. The molecule has 1 N–H and O–H groups in total. The molecule has 5 heterocycles. The Morgan fingerprint density at radius 2 is 1.86 bits per heavy atom. The van der Waals surface area contributed by atoms with Gasteiger partial charge in [0.05, 0.1) is 40.8 Å². The van der Waals surface area contributed by atoms with Crippen molar-refractivity contribution in [3.8, 4) is 5.88 Å². The molecule has 0 bridgehead atoms. The van der Waals surface area contributed by atoms with E-state index in [9.17, 15) is 9.90 Å². The van der Waals surface area contributed by atoms with E-state index in [4.69, 9.17) is 19.4 Å². The highest BCUT2D eigenvalue weighted by molar-refractivity contribution is 5.92. The Bertz CT molecular complexity index is 1770. The Balaban J connectivity index is 1.04. The molecule has 0 amide bonds. The summed E-state index contributed by atoms with van der Waals surface area (Å²) >= 11 is 0. The van der Waals surface area contributed by atoms with Crippen LogP contribution in [0.5, 0.6) is 5.88 Å². The number of imidazole rings is 1. The van der Waals surface area contributed by atoms with Crippen molar-refractivity contribution in [1.82, 2.24) is 24.4 Å². The van der Waals surface area contributed by atoms with Gasteiger partial charge in [0, 0.05) is 41.4 Å². The van der Waals surface area contributed by atoms with Crippen molar-refractivity contribution in [2.75, 3.05) is 19.7 Å². The molecular formula is C34H35N5O4. The Morgan fingerprint density at radius 3 is 2.65 bits per heavy atom. The van der Waals surface area contributed by atoms with Crippen LogP contribution >= 0.6 is 0 Å². The lowest BCUT2D eigenvalue weighted by Gasteiger charge is -2.36. The van der Waals surface area contributed by atoms with Crippen LogP contribution in [0.4, 0.5) is 0 Å². The minimum atomic E-state index is -0.931. The van der Waals surface area contributed by atoms with Gasteiger partial charge in [-0.3, -0.25) is 9.88 Å². The summed E-state index contributed by atoms with van der Waals surface area (Å²) in [6.45, 7) is 5.92. The van der Waals surface area contributed by atoms with Gasteiger partial charge in [-0.05, 0) is 69.6 Å². The minimum absolute atomic E-state index is 0.0821. The van der Waals surface area contributed by atoms with Crippen molar-refractivity contribution < 1.29 is 19.4 Å². The van der Waals surface area contributed by atoms with Crippen LogP contribution in [0.2, 0.25) is 0 Å². The van der Waals surface area contributed by atoms with E-state index in [1.165, 1.54) is 0 Å². The summed E-state index contributed by atoms with van der Waals surface area (Å²) in [5, 5.41) is 10.7. The van der Waals surface area contributed by atoms with Crippen molar-refractivity contribution >= 4 is 27.9 Å². The Labute approximate surface area is 250 Å². The van der Waals surface area contributed by atoms with Gasteiger partial charge < -0.3 is 19.1 Å². The number of ether oxygens (including phenoxy) is 2. The van der Waals surface area contributed by atoms with E-state index < -0.39 is 5.97 Å². The molecule has 2 fully saturated rings. The second-order valence-electron chi connectivity index (χ2n) is 11.5. The quantitative estimate of drug-likeness (QED) is 0.228. The van der Waals surface area contributed by atoms with Gasteiger partial charge in [-0.1, -0.05) is 30.3 Å². The average Bonchev–Trinajstić information content (AvgIpc) is 3.39. The van der Waals surface area contributed by atoms with Gasteiger partial charge in [0.2, 0.25) is 5.88 Å². The minimum Gasteiger partial charge on any atom is -0.478 e. The van der Waals surface area contributed by atoms with Crippen molar-refractivity contribution in [1.29, 1.82) is 0 Å². The predicted octanol–water partition coefficient (Wildman–Crippen LogP) is 5.99. The fraction of sp³-hybridized carbons (Fsp3) is 0.353. The molecule has 7 rings (SSSR count). The van der Waals surface area contributed by atoms with Crippen LogP contribution in [0.15, 0.2) is 72.9 Å². The lowest BCUT2D eigenvalue weighted by molar-refractivity contribution is -0.0594. The maximum Gasteiger partial charge on any atom is 0.335 e. The average molecular weight is 578 g/mol. The van der Waals surface area contributed by atoms with Gasteiger partial charge >= 0.3 is 5.97 Å². The van der Waals surface area contributed by atoms with Crippen molar-refractivity contribution in [3.05, 3.63) is 95.6 Å². The lowest BCUT2D eigenvalue weighted by atomic mass is 9.92. The highest BCUT2D eigenvalue weighted by Crippen LogP contribution is 2.34. The number of carboxylic acids is 1. The number of carbonyl (C=O) groups is 1. The van der Waals surface area contributed by atoms with Crippen molar-refractivity contribution in [3.63, 3.8) is 0 Å². The maximum absolute atomic E-state index is 11.7. The van der Waals surface area contributed by atoms with Crippen LogP contribution in [0, 0.1) is 0 Å². The van der Waals surface area contributed by atoms with E-state index in [0.29, 0.717) is 24.9 Å². The topological polar surface area (TPSA) is 103 Å². The number of aromatic nitrogens is 4. The van der Waals surface area contributed by atoms with Crippen LogP contribution < -0.4 is 4.74 Å². The monoisotopic (exact) mass is 577 g/mol. The standard InChI is InChI=1S/C34H35N5O4/c1-22(33-37-29-11-10-25(34(40)41)19-30(29)39(33)20-27-14-18-42-27)38-16-12-23(13-17-38)28-8-3-9-31(36-28)43-21-26-6-2-5-24-7-4-15-35-32(24)26/h2-11,15,19,22-23,27H,12-14,16-18,20-21H2,1H3,(H,40,41)/t22-,27-/m0/s1. The molecule has 0 saturated carbocycles. The van der Waals surface area contributed by atoms with Crippen molar-refractivity contribution in [2.45, 2.75) is 57.4 Å². The molecule has 9 heteroatoms. The summed E-state index contributed by atoms with van der Waals surface area (Å²) in [6.07, 6.45) is 4.93. The van der Waals surface area contributed by atoms with Gasteiger partial charge in [0.15, 0.2) is 0 Å². The number of fused-ring (bicyclic) bond motifs is 2. The summed E-state index contributed by atoms with van der Waals surface area (Å²) in [6, 6.07) is 21.5. The van der Waals surface area contributed by atoms with Crippen molar-refractivity contribution in [2.24, 2.45) is 0 Å². The number of rotatable bonds is 9. The third-order valence-electron chi connectivity index (χ3n) is 8.91. The first-order chi connectivity index (χ1) is 21.0. The van der Waals surface area contributed by atoms with Gasteiger partial charge in [-0.25, -0.2) is 14.8 Å². The number of pyridine rings is 2.